The summed E-state index contributed by atoms with van der Waals surface area (Å²) in [5, 5.41) is 0. The molecule has 2 rings (SSSR count). The molecule has 2 heteroatoms. The lowest BCUT2D eigenvalue weighted by Crippen LogP contribution is -2.11. The van der Waals surface area contributed by atoms with Gasteiger partial charge < -0.3 is 4.74 Å². The van der Waals surface area contributed by atoms with E-state index >= 15 is 0 Å². The van der Waals surface area contributed by atoms with Crippen molar-refractivity contribution in [2.75, 3.05) is 5.88 Å². The van der Waals surface area contributed by atoms with Crippen molar-refractivity contribution in [3.8, 4) is 0 Å². The molecule has 0 bridgehead atoms. The predicted molar refractivity (Wildman–Crippen MR) is 81.0 cm³/mol. The molecule has 0 N–H and O–H groups in total. The van der Waals surface area contributed by atoms with E-state index in [0.717, 1.165) is 5.76 Å². The third kappa shape index (κ3) is 3.74. The van der Waals surface area contributed by atoms with Crippen LogP contribution in [0.2, 0.25) is 0 Å². The van der Waals surface area contributed by atoms with E-state index in [-0.39, 0.29) is 5.41 Å². The molecular weight excluding hydrogens is 256 g/mol. The van der Waals surface area contributed by atoms with E-state index < -0.39 is 0 Å². The first-order valence-electron chi connectivity index (χ1n) is 6.45. The Hall–Kier alpha value is -1.47. The number of benzene rings is 1. The fraction of sp³-hybridized carbons (Fsp3) is 0.294. The summed E-state index contributed by atoms with van der Waals surface area (Å²) in [7, 11) is 0. The summed E-state index contributed by atoms with van der Waals surface area (Å²) < 4.78 is 5.82. The maximum atomic E-state index is 5.99. The molecule has 19 heavy (non-hydrogen) atoms. The van der Waals surface area contributed by atoms with Crippen LogP contribution in [0.4, 0.5) is 0 Å². The van der Waals surface area contributed by atoms with Gasteiger partial charge in [-0.3, -0.25) is 0 Å². The molecule has 0 aliphatic heterocycles. The topological polar surface area (TPSA) is 9.23 Å². The van der Waals surface area contributed by atoms with Crippen molar-refractivity contribution in [3.63, 3.8) is 0 Å². The average molecular weight is 275 g/mol. The summed E-state index contributed by atoms with van der Waals surface area (Å²) >= 11 is 5.99. The highest BCUT2D eigenvalue weighted by Crippen LogP contribution is 2.31. The molecule has 1 aliphatic rings. The second-order valence-corrected chi connectivity index (χ2v) is 5.49. The smallest absolute Gasteiger partial charge is 0.119 e. The molecule has 1 nitrogen and oxygen atoms in total. The summed E-state index contributed by atoms with van der Waals surface area (Å²) in [5.41, 5.74) is 2.35. The number of hydrogen-bond acceptors (Lipinski definition) is 1. The summed E-state index contributed by atoms with van der Waals surface area (Å²) in [6.45, 7) is 4.90. The maximum absolute atomic E-state index is 5.99. The van der Waals surface area contributed by atoms with Crippen LogP contribution < -0.4 is 0 Å². The van der Waals surface area contributed by atoms with Crippen molar-refractivity contribution < 1.29 is 4.74 Å². The van der Waals surface area contributed by atoms with Crippen molar-refractivity contribution in [2.45, 2.75) is 20.5 Å². The highest BCUT2D eigenvalue weighted by atomic mass is 35.5. The van der Waals surface area contributed by atoms with Crippen LogP contribution in [-0.4, -0.2) is 5.88 Å². The summed E-state index contributed by atoms with van der Waals surface area (Å²) in [5.74, 6) is 1.41. The molecule has 0 aromatic heterocycles. The van der Waals surface area contributed by atoms with Gasteiger partial charge in [-0.1, -0.05) is 56.3 Å². The Bertz CT molecular complexity index is 509. The van der Waals surface area contributed by atoms with Gasteiger partial charge in [0.25, 0.3) is 0 Å². The van der Waals surface area contributed by atoms with Crippen molar-refractivity contribution in [1.82, 2.24) is 0 Å². The first-order valence-corrected chi connectivity index (χ1v) is 6.98. The molecule has 0 heterocycles. The predicted octanol–water partition coefficient (Wildman–Crippen LogP) is 4.85. The Morgan fingerprint density at radius 3 is 2.53 bits per heavy atom. The zero-order valence-electron chi connectivity index (χ0n) is 11.4. The van der Waals surface area contributed by atoms with Gasteiger partial charge in [0.15, 0.2) is 0 Å². The molecule has 0 atom stereocenters. The van der Waals surface area contributed by atoms with Gasteiger partial charge in [0, 0.05) is 11.3 Å². The van der Waals surface area contributed by atoms with Crippen LogP contribution in [0, 0.1) is 5.41 Å². The van der Waals surface area contributed by atoms with Gasteiger partial charge in [0.2, 0.25) is 0 Å². The van der Waals surface area contributed by atoms with Gasteiger partial charge in [-0.2, -0.15) is 0 Å². The monoisotopic (exact) mass is 274 g/mol. The molecule has 0 spiro atoms. The quantitative estimate of drug-likeness (QED) is 0.713. The van der Waals surface area contributed by atoms with Crippen LogP contribution in [0.25, 0.3) is 0 Å². The molecule has 0 fully saturated rings. The number of hydrogen-bond donors (Lipinski definition) is 0. The molecule has 0 amide bonds. The van der Waals surface area contributed by atoms with Crippen molar-refractivity contribution in [2.24, 2.45) is 5.41 Å². The van der Waals surface area contributed by atoms with Gasteiger partial charge in [0.1, 0.15) is 12.4 Å². The van der Waals surface area contributed by atoms with Gasteiger partial charge >= 0.3 is 0 Å². The minimum Gasteiger partial charge on any atom is -0.489 e. The Labute approximate surface area is 120 Å². The van der Waals surface area contributed by atoms with Crippen LogP contribution in [0.15, 0.2) is 66.0 Å². The molecule has 0 saturated carbocycles. The number of rotatable bonds is 4. The third-order valence-electron chi connectivity index (χ3n) is 3.33. The Morgan fingerprint density at radius 2 is 1.84 bits per heavy atom. The van der Waals surface area contributed by atoms with E-state index in [4.69, 9.17) is 16.3 Å². The van der Waals surface area contributed by atoms with Crippen LogP contribution in [0.5, 0.6) is 0 Å². The minimum absolute atomic E-state index is 0.0178. The highest BCUT2D eigenvalue weighted by molar-refractivity contribution is 6.19. The van der Waals surface area contributed by atoms with Crippen LogP contribution in [-0.2, 0) is 11.3 Å². The number of alkyl halides is 1. The van der Waals surface area contributed by atoms with Crippen LogP contribution in [0.3, 0.4) is 0 Å². The lowest BCUT2D eigenvalue weighted by Gasteiger charge is -2.21. The van der Waals surface area contributed by atoms with E-state index in [2.05, 4.69) is 38.1 Å². The first kappa shape index (κ1) is 14.0. The SMILES string of the molecule is CC1(C)C=CC(OCc2ccccc2)=CC=C1CCl. The molecule has 0 unspecified atom stereocenters. The number of halogens is 1. The Balaban J connectivity index is 2.06. The molecule has 1 aromatic rings. The molecular formula is C17H19ClO. The van der Waals surface area contributed by atoms with Gasteiger partial charge in [0.05, 0.1) is 0 Å². The van der Waals surface area contributed by atoms with Crippen molar-refractivity contribution in [1.29, 1.82) is 0 Å². The molecule has 0 radical (unpaired) electrons. The molecule has 1 aromatic carbocycles. The largest absolute Gasteiger partial charge is 0.489 e. The molecule has 100 valence electrons. The summed E-state index contributed by atoms with van der Waals surface area (Å²) in [6, 6.07) is 10.2. The van der Waals surface area contributed by atoms with Crippen LogP contribution in [0.1, 0.15) is 19.4 Å². The zero-order chi connectivity index (χ0) is 13.7. The van der Waals surface area contributed by atoms with Gasteiger partial charge in [-0.25, -0.2) is 0 Å². The summed E-state index contributed by atoms with van der Waals surface area (Å²) in [6.07, 6.45) is 8.23. The lowest BCUT2D eigenvalue weighted by atomic mass is 9.85. The summed E-state index contributed by atoms with van der Waals surface area (Å²) in [4.78, 5) is 0. The second-order valence-electron chi connectivity index (χ2n) is 5.22. The first-order chi connectivity index (χ1) is 9.12. The normalized spacial score (nSPS) is 17.4. The number of allylic oxidation sites excluding steroid dienone is 5. The lowest BCUT2D eigenvalue weighted by molar-refractivity contribution is 0.211. The zero-order valence-corrected chi connectivity index (χ0v) is 12.2. The van der Waals surface area contributed by atoms with E-state index in [1.165, 1.54) is 11.1 Å². The van der Waals surface area contributed by atoms with E-state index in [1.54, 1.807) is 0 Å². The molecule has 0 saturated heterocycles. The fourth-order valence-corrected chi connectivity index (χ4v) is 2.34. The van der Waals surface area contributed by atoms with Gasteiger partial charge in [-0.15, -0.1) is 11.6 Å². The van der Waals surface area contributed by atoms with Crippen molar-refractivity contribution >= 4 is 11.6 Å². The maximum Gasteiger partial charge on any atom is 0.119 e. The Morgan fingerprint density at radius 1 is 1.11 bits per heavy atom. The minimum atomic E-state index is -0.0178. The fourth-order valence-electron chi connectivity index (χ4n) is 1.90. The van der Waals surface area contributed by atoms with Crippen molar-refractivity contribution in [3.05, 3.63) is 71.5 Å². The second kappa shape index (κ2) is 6.12. The highest BCUT2D eigenvalue weighted by Gasteiger charge is 2.20. The standard InChI is InChI=1S/C17H19ClO/c1-17(2)11-10-16(9-8-15(17)12-18)19-13-14-6-4-3-5-7-14/h3-11H,12-13H2,1-2H3. The van der Waals surface area contributed by atoms with Gasteiger partial charge in [-0.05, 0) is 23.3 Å². The molecule has 1 aliphatic carbocycles. The third-order valence-corrected chi connectivity index (χ3v) is 3.62. The average Bonchev–Trinajstić information content (AvgIpc) is 2.56. The van der Waals surface area contributed by atoms with Crippen LogP contribution >= 0.6 is 11.6 Å². The number of ether oxygens (including phenoxy) is 1. The van der Waals surface area contributed by atoms with E-state index in [0.29, 0.717) is 12.5 Å². The Kier molecular flexibility index (Phi) is 4.49. The van der Waals surface area contributed by atoms with E-state index in [1.807, 2.05) is 30.4 Å². The van der Waals surface area contributed by atoms with E-state index in [9.17, 15) is 0 Å².